The maximum absolute atomic E-state index is 13.4. The van der Waals surface area contributed by atoms with Gasteiger partial charge in [-0.1, -0.05) is 0 Å². The van der Waals surface area contributed by atoms with Crippen LogP contribution in [0.1, 0.15) is 56.6 Å². The van der Waals surface area contributed by atoms with E-state index in [2.05, 4.69) is 36.3 Å². The van der Waals surface area contributed by atoms with Gasteiger partial charge in [-0.2, -0.15) is 5.10 Å². The van der Waals surface area contributed by atoms with E-state index in [9.17, 15) is 18.4 Å². The second kappa shape index (κ2) is 7.31. The fourth-order valence-corrected chi connectivity index (χ4v) is 5.01. The number of nitrogens with two attached hydrogens (primary N) is 1. The van der Waals surface area contributed by atoms with Gasteiger partial charge in [0.1, 0.15) is 15.4 Å². The minimum absolute atomic E-state index is 0.0437. The van der Waals surface area contributed by atoms with Crippen molar-refractivity contribution in [1.29, 1.82) is 0 Å². The Kier molecular flexibility index (Phi) is 4.70. The zero-order chi connectivity index (χ0) is 21.9. The summed E-state index contributed by atoms with van der Waals surface area (Å²) in [6, 6.07) is 3.02. The summed E-state index contributed by atoms with van der Waals surface area (Å²) in [5.74, 6) is -1.31. The smallest absolute Gasteiger partial charge is 0.280 e. The van der Waals surface area contributed by atoms with Crippen LogP contribution in [-0.4, -0.2) is 31.4 Å². The number of thiophene rings is 1. The third kappa shape index (κ3) is 3.35. The normalized spacial score (nSPS) is 13.9. The van der Waals surface area contributed by atoms with E-state index in [0.717, 1.165) is 24.2 Å². The first kappa shape index (κ1) is 19.9. The van der Waals surface area contributed by atoms with E-state index in [1.807, 2.05) is 0 Å². The van der Waals surface area contributed by atoms with Gasteiger partial charge in [-0.15, -0.1) is 11.3 Å². The molecule has 0 radical (unpaired) electrons. The lowest BCUT2D eigenvalue weighted by molar-refractivity contribution is 0.100. The molecule has 4 aromatic rings. The van der Waals surface area contributed by atoms with Crippen molar-refractivity contribution >= 4 is 60.6 Å². The van der Waals surface area contributed by atoms with E-state index < -0.39 is 18.2 Å². The van der Waals surface area contributed by atoms with Gasteiger partial charge in [0.05, 0.1) is 10.2 Å². The SMILES string of the molecule is NC(=O)c1sc2nc(C(F)F)cc(C3CC3)c2c1NC(=O)c1nn2cccnc2c1Br. The molecule has 2 amide bonds. The van der Waals surface area contributed by atoms with Gasteiger partial charge in [-0.25, -0.2) is 23.3 Å². The number of fused-ring (bicyclic) bond motifs is 2. The van der Waals surface area contributed by atoms with Gasteiger partial charge in [0, 0.05) is 17.8 Å². The minimum atomic E-state index is -2.75. The Balaban J connectivity index is 1.66. The number of anilines is 1. The number of nitrogens with zero attached hydrogens (tertiary/aromatic N) is 4. The Hall–Kier alpha value is -2.99. The topological polar surface area (TPSA) is 115 Å². The molecule has 1 aliphatic rings. The Morgan fingerprint density at radius 2 is 2.13 bits per heavy atom. The van der Waals surface area contributed by atoms with Crippen molar-refractivity contribution in [2.75, 3.05) is 5.32 Å². The van der Waals surface area contributed by atoms with Gasteiger partial charge in [0.15, 0.2) is 11.3 Å². The van der Waals surface area contributed by atoms with E-state index >= 15 is 0 Å². The first-order valence-corrected chi connectivity index (χ1v) is 10.8. The van der Waals surface area contributed by atoms with Crippen LogP contribution in [0.5, 0.6) is 0 Å². The number of hydrogen-bond donors (Lipinski definition) is 2. The molecule has 0 saturated heterocycles. The molecule has 4 aromatic heterocycles. The maximum Gasteiger partial charge on any atom is 0.280 e. The van der Waals surface area contributed by atoms with Crippen LogP contribution in [0, 0.1) is 0 Å². The van der Waals surface area contributed by atoms with E-state index in [1.54, 1.807) is 18.5 Å². The van der Waals surface area contributed by atoms with E-state index in [0.29, 0.717) is 21.1 Å². The van der Waals surface area contributed by atoms with Crippen molar-refractivity contribution < 1.29 is 18.4 Å². The first-order chi connectivity index (χ1) is 14.8. The maximum atomic E-state index is 13.4. The number of rotatable bonds is 5. The molecule has 8 nitrogen and oxygen atoms in total. The molecule has 0 atom stereocenters. The van der Waals surface area contributed by atoms with Crippen LogP contribution in [0.4, 0.5) is 14.5 Å². The van der Waals surface area contributed by atoms with Crippen molar-refractivity contribution in [2.45, 2.75) is 25.2 Å². The molecule has 0 unspecified atom stereocenters. The number of primary amides is 1. The molecule has 1 fully saturated rings. The molecule has 12 heteroatoms. The van der Waals surface area contributed by atoms with Crippen LogP contribution in [0.25, 0.3) is 15.9 Å². The zero-order valence-electron chi connectivity index (χ0n) is 15.6. The van der Waals surface area contributed by atoms with Crippen molar-refractivity contribution in [2.24, 2.45) is 5.73 Å². The molecule has 0 aromatic carbocycles. The number of pyridine rings is 1. The highest BCUT2D eigenvalue weighted by atomic mass is 79.9. The Morgan fingerprint density at radius 3 is 2.77 bits per heavy atom. The zero-order valence-corrected chi connectivity index (χ0v) is 18.0. The third-order valence-electron chi connectivity index (χ3n) is 4.97. The highest BCUT2D eigenvalue weighted by Crippen LogP contribution is 2.48. The number of hydrogen-bond acceptors (Lipinski definition) is 6. The van der Waals surface area contributed by atoms with Crippen LogP contribution < -0.4 is 11.1 Å². The molecular weight excluding hydrogens is 494 g/mol. The van der Waals surface area contributed by atoms with E-state index in [4.69, 9.17) is 5.73 Å². The highest BCUT2D eigenvalue weighted by molar-refractivity contribution is 9.10. The van der Waals surface area contributed by atoms with Crippen molar-refractivity contribution in [3.05, 3.63) is 50.8 Å². The van der Waals surface area contributed by atoms with E-state index in [1.165, 1.54) is 10.6 Å². The summed E-state index contributed by atoms with van der Waals surface area (Å²) in [7, 11) is 0. The standard InChI is InChI=1S/C19H13BrF2N6O2S/c20-11-13(27-28-5-1-4-24-17(11)28)18(30)26-12-10-8(7-2-3-7)6-9(15(21)22)25-19(10)31-14(12)16(23)29/h1,4-7,15H,2-3H2,(H2,23,29)(H,26,30). The number of carbonyl (C=O) groups is 2. The van der Waals surface area contributed by atoms with E-state index in [-0.39, 0.29) is 32.7 Å². The quantitative estimate of drug-likeness (QED) is 0.419. The Morgan fingerprint density at radius 1 is 1.35 bits per heavy atom. The number of amides is 2. The average molecular weight is 507 g/mol. The van der Waals surface area contributed by atoms with Crippen molar-refractivity contribution in [1.82, 2.24) is 19.6 Å². The molecule has 158 valence electrons. The predicted octanol–water partition coefficient (Wildman–Crippen LogP) is 4.27. The number of halogens is 3. The fourth-order valence-electron chi connectivity index (χ4n) is 3.44. The summed E-state index contributed by atoms with van der Waals surface area (Å²) in [4.78, 5) is 33.6. The van der Waals surface area contributed by atoms with Crippen molar-refractivity contribution in [3.63, 3.8) is 0 Å². The summed E-state index contributed by atoms with van der Waals surface area (Å²) in [5.41, 5.74) is 6.47. The lowest BCUT2D eigenvalue weighted by Crippen LogP contribution is -2.17. The fraction of sp³-hybridized carbons (Fsp3) is 0.211. The third-order valence-corrected chi connectivity index (χ3v) is 6.80. The molecule has 31 heavy (non-hydrogen) atoms. The van der Waals surface area contributed by atoms with Crippen LogP contribution in [0.15, 0.2) is 29.0 Å². The molecule has 0 spiro atoms. The lowest BCUT2D eigenvalue weighted by atomic mass is 10.0. The summed E-state index contributed by atoms with van der Waals surface area (Å²) >= 11 is 4.22. The van der Waals surface area contributed by atoms with Crippen LogP contribution in [0.2, 0.25) is 0 Å². The first-order valence-electron chi connectivity index (χ1n) is 9.20. The highest BCUT2D eigenvalue weighted by Gasteiger charge is 2.32. The Bertz CT molecular complexity index is 1380. The van der Waals surface area contributed by atoms with Crippen LogP contribution >= 0.6 is 27.3 Å². The van der Waals surface area contributed by atoms with Gasteiger partial charge >= 0.3 is 0 Å². The van der Waals surface area contributed by atoms with Gasteiger partial charge < -0.3 is 11.1 Å². The summed E-state index contributed by atoms with van der Waals surface area (Å²) < 4.78 is 28.5. The number of nitrogens with one attached hydrogen (secondary N) is 1. The van der Waals surface area contributed by atoms with Crippen molar-refractivity contribution in [3.8, 4) is 0 Å². The molecule has 3 N–H and O–H groups in total. The van der Waals surface area contributed by atoms with Gasteiger partial charge in [0.25, 0.3) is 18.2 Å². The minimum Gasteiger partial charge on any atom is -0.365 e. The summed E-state index contributed by atoms with van der Waals surface area (Å²) in [5, 5.41) is 7.41. The number of carbonyl (C=O) groups excluding carboxylic acids is 2. The lowest BCUT2D eigenvalue weighted by Gasteiger charge is -2.09. The molecule has 0 bridgehead atoms. The molecule has 4 heterocycles. The summed E-state index contributed by atoms with van der Waals surface area (Å²) in [6.45, 7) is 0. The molecule has 1 saturated carbocycles. The second-order valence-electron chi connectivity index (χ2n) is 7.07. The largest absolute Gasteiger partial charge is 0.365 e. The molecular formula is C19H13BrF2N6O2S. The second-order valence-corrected chi connectivity index (χ2v) is 8.86. The van der Waals surface area contributed by atoms with Gasteiger partial charge in [-0.05, 0) is 52.4 Å². The van der Waals surface area contributed by atoms with Gasteiger partial charge in [0.2, 0.25) is 0 Å². The molecule has 1 aliphatic carbocycles. The summed E-state index contributed by atoms with van der Waals surface area (Å²) in [6.07, 6.45) is 2.12. The van der Waals surface area contributed by atoms with Gasteiger partial charge in [-0.3, -0.25) is 9.59 Å². The number of alkyl halides is 2. The molecule has 0 aliphatic heterocycles. The molecule has 5 rings (SSSR count). The Labute approximate surface area is 185 Å². The monoisotopic (exact) mass is 506 g/mol. The van der Waals surface area contributed by atoms with Crippen LogP contribution in [0.3, 0.4) is 0 Å². The average Bonchev–Trinajstić information content (AvgIpc) is 3.45. The number of aromatic nitrogens is 4. The predicted molar refractivity (Wildman–Crippen MR) is 114 cm³/mol. The van der Waals surface area contributed by atoms with Crippen LogP contribution in [-0.2, 0) is 0 Å².